The van der Waals surface area contributed by atoms with Gasteiger partial charge in [0.1, 0.15) is 11.0 Å². The number of hydrogen-bond donors (Lipinski definition) is 2. The van der Waals surface area contributed by atoms with E-state index in [2.05, 4.69) is 0 Å². The van der Waals surface area contributed by atoms with E-state index in [1.54, 1.807) is 29.2 Å². The van der Waals surface area contributed by atoms with Crippen molar-refractivity contribution in [3.63, 3.8) is 0 Å². The molecule has 10 heavy (non-hydrogen) atoms. The first kappa shape index (κ1) is 7.40. The topological polar surface area (TPSA) is 49.3 Å². The zero-order chi connectivity index (χ0) is 7.40. The molecule has 0 bridgehead atoms. The van der Waals surface area contributed by atoms with Crippen LogP contribution in [0.4, 0.5) is 0 Å². The molecule has 0 saturated carbocycles. The summed E-state index contributed by atoms with van der Waals surface area (Å²) >= 11 is 0. The maximum absolute atomic E-state index is 10.8. The molecular formula is C6H7NO2S. The van der Waals surface area contributed by atoms with Crippen LogP contribution in [0.15, 0.2) is 35.2 Å². The lowest BCUT2D eigenvalue weighted by Gasteiger charge is -1.95. The highest BCUT2D eigenvalue weighted by Crippen LogP contribution is 2.01. The molecule has 1 aromatic rings. The minimum atomic E-state index is -1.48. The molecule has 0 aromatic heterocycles. The Hall–Kier alpha value is -0.710. The second-order valence-corrected chi connectivity index (χ2v) is 2.86. The third kappa shape index (κ3) is 1.63. The molecule has 0 heterocycles. The minimum absolute atomic E-state index is 0.560. The molecule has 1 atom stereocenters. The summed E-state index contributed by atoms with van der Waals surface area (Å²) in [5.74, 6) is 0. The van der Waals surface area contributed by atoms with Gasteiger partial charge in [0.25, 0.3) is 0 Å². The van der Waals surface area contributed by atoms with Gasteiger partial charge in [-0.15, -0.1) is 4.89 Å². The molecule has 0 radical (unpaired) electrons. The van der Waals surface area contributed by atoms with Crippen LogP contribution < -0.4 is 4.89 Å². The van der Waals surface area contributed by atoms with Gasteiger partial charge in [-0.25, -0.2) is 4.21 Å². The van der Waals surface area contributed by atoms with Crippen molar-refractivity contribution in [2.75, 3.05) is 0 Å². The summed E-state index contributed by atoms with van der Waals surface area (Å²) in [5.41, 5.74) is 0. The fourth-order valence-electron chi connectivity index (χ4n) is 0.597. The van der Waals surface area contributed by atoms with Crippen LogP contribution in [0.5, 0.6) is 0 Å². The van der Waals surface area contributed by atoms with Gasteiger partial charge in [-0.2, -0.15) is 0 Å². The van der Waals surface area contributed by atoms with Crippen molar-refractivity contribution >= 4 is 11.0 Å². The third-order valence-electron chi connectivity index (χ3n) is 1.04. The normalized spacial score (nSPS) is 12.9. The molecular weight excluding hydrogens is 150 g/mol. The van der Waals surface area contributed by atoms with E-state index < -0.39 is 11.0 Å². The van der Waals surface area contributed by atoms with E-state index in [9.17, 15) is 4.21 Å². The molecule has 1 unspecified atom stereocenters. The number of nitrogens with one attached hydrogen (secondary N) is 1. The van der Waals surface area contributed by atoms with E-state index in [4.69, 9.17) is 5.21 Å². The lowest BCUT2D eigenvalue weighted by molar-refractivity contribution is 0.251. The molecule has 0 spiro atoms. The molecule has 54 valence electrons. The average Bonchev–Trinajstić information content (AvgIpc) is 2.05. The summed E-state index contributed by atoms with van der Waals surface area (Å²) < 4.78 is 10.8. The number of hydrogen-bond acceptors (Lipinski definition) is 2. The summed E-state index contributed by atoms with van der Waals surface area (Å²) in [6, 6.07) is 8.66. The van der Waals surface area contributed by atoms with Crippen molar-refractivity contribution in [1.82, 2.24) is 4.89 Å². The molecule has 0 aliphatic rings. The standard InChI is InChI=1S/C6H7NO2S/c8-7-10(9)6-4-2-1-3-5-6/h1-5,7-8H. The van der Waals surface area contributed by atoms with Crippen LogP contribution in [0.1, 0.15) is 0 Å². The Morgan fingerprint density at radius 2 is 1.90 bits per heavy atom. The first-order chi connectivity index (χ1) is 4.84. The Morgan fingerprint density at radius 3 is 2.40 bits per heavy atom. The molecule has 3 nitrogen and oxygen atoms in total. The Balaban J connectivity index is 2.85. The zero-order valence-corrected chi connectivity index (χ0v) is 5.97. The predicted molar refractivity (Wildman–Crippen MR) is 37.8 cm³/mol. The van der Waals surface area contributed by atoms with Crippen LogP contribution in [0.2, 0.25) is 0 Å². The van der Waals surface area contributed by atoms with Crippen molar-refractivity contribution < 1.29 is 9.42 Å². The Morgan fingerprint density at radius 1 is 1.30 bits per heavy atom. The van der Waals surface area contributed by atoms with Crippen molar-refractivity contribution in [2.24, 2.45) is 0 Å². The Bertz CT molecular complexity index is 224. The van der Waals surface area contributed by atoms with Gasteiger partial charge in [0.15, 0.2) is 0 Å². The van der Waals surface area contributed by atoms with Gasteiger partial charge >= 0.3 is 0 Å². The Labute approximate surface area is 61.2 Å². The summed E-state index contributed by atoms with van der Waals surface area (Å²) in [6.45, 7) is 0. The van der Waals surface area contributed by atoms with Crippen LogP contribution in [-0.2, 0) is 11.0 Å². The monoisotopic (exact) mass is 157 g/mol. The van der Waals surface area contributed by atoms with Crippen molar-refractivity contribution in [2.45, 2.75) is 4.90 Å². The van der Waals surface area contributed by atoms with E-state index in [0.717, 1.165) is 0 Å². The second kappa shape index (κ2) is 3.46. The lowest BCUT2D eigenvalue weighted by Crippen LogP contribution is -2.10. The van der Waals surface area contributed by atoms with E-state index in [1.807, 2.05) is 6.07 Å². The van der Waals surface area contributed by atoms with Crippen LogP contribution in [-0.4, -0.2) is 9.42 Å². The van der Waals surface area contributed by atoms with Gasteiger partial charge in [-0.05, 0) is 12.1 Å². The first-order valence-corrected chi connectivity index (χ1v) is 3.86. The first-order valence-electron chi connectivity index (χ1n) is 2.71. The van der Waals surface area contributed by atoms with Crippen LogP contribution in [0.25, 0.3) is 0 Å². The molecule has 0 fully saturated rings. The predicted octanol–water partition coefficient (Wildman–Crippen LogP) is 0.688. The van der Waals surface area contributed by atoms with Crippen molar-refractivity contribution in [3.8, 4) is 0 Å². The van der Waals surface area contributed by atoms with Gasteiger partial charge in [0.05, 0.1) is 4.90 Å². The maximum atomic E-state index is 10.8. The molecule has 0 aliphatic carbocycles. The molecule has 2 N–H and O–H groups in total. The number of benzene rings is 1. The highest BCUT2D eigenvalue weighted by molar-refractivity contribution is 7.82. The van der Waals surface area contributed by atoms with E-state index >= 15 is 0 Å². The van der Waals surface area contributed by atoms with Gasteiger partial charge in [-0.1, -0.05) is 18.2 Å². The molecule has 0 saturated heterocycles. The van der Waals surface area contributed by atoms with Crippen LogP contribution >= 0.6 is 0 Å². The summed E-state index contributed by atoms with van der Waals surface area (Å²) in [5, 5.41) is 8.24. The van der Waals surface area contributed by atoms with Crippen LogP contribution in [0.3, 0.4) is 0 Å². The zero-order valence-electron chi connectivity index (χ0n) is 5.15. The lowest BCUT2D eigenvalue weighted by atomic mass is 10.4. The fraction of sp³-hybridized carbons (Fsp3) is 0. The fourth-order valence-corrected chi connectivity index (χ4v) is 1.11. The highest BCUT2D eigenvalue weighted by Gasteiger charge is 1.97. The largest absolute Gasteiger partial charge is 0.304 e. The maximum Gasteiger partial charge on any atom is 0.148 e. The molecule has 1 aromatic carbocycles. The van der Waals surface area contributed by atoms with Gasteiger partial charge in [-0.3, -0.25) is 0 Å². The van der Waals surface area contributed by atoms with Gasteiger partial charge in [0, 0.05) is 0 Å². The quantitative estimate of drug-likeness (QED) is 0.620. The Kier molecular flexibility index (Phi) is 2.56. The average molecular weight is 157 g/mol. The third-order valence-corrected chi connectivity index (χ3v) is 1.91. The van der Waals surface area contributed by atoms with Gasteiger partial charge < -0.3 is 5.21 Å². The van der Waals surface area contributed by atoms with E-state index in [-0.39, 0.29) is 0 Å². The minimum Gasteiger partial charge on any atom is -0.304 e. The molecule has 4 heteroatoms. The summed E-state index contributed by atoms with van der Waals surface area (Å²) in [4.78, 5) is 2.21. The smallest absolute Gasteiger partial charge is 0.148 e. The van der Waals surface area contributed by atoms with Crippen molar-refractivity contribution in [1.29, 1.82) is 0 Å². The SMILES string of the molecule is O=S(NO)c1ccccc1. The summed E-state index contributed by atoms with van der Waals surface area (Å²) in [6.07, 6.45) is 0. The highest BCUT2D eigenvalue weighted by atomic mass is 32.2. The number of rotatable bonds is 2. The molecule has 1 rings (SSSR count). The molecule has 0 aliphatic heterocycles. The van der Waals surface area contributed by atoms with E-state index in [0.29, 0.717) is 4.90 Å². The van der Waals surface area contributed by atoms with Gasteiger partial charge in [0.2, 0.25) is 0 Å². The van der Waals surface area contributed by atoms with Crippen LogP contribution in [0, 0.1) is 0 Å². The van der Waals surface area contributed by atoms with E-state index in [1.165, 1.54) is 0 Å². The van der Waals surface area contributed by atoms with Crippen molar-refractivity contribution in [3.05, 3.63) is 30.3 Å². The summed E-state index contributed by atoms with van der Waals surface area (Å²) in [7, 11) is -1.48. The molecule has 0 amide bonds. The second-order valence-electron chi connectivity index (χ2n) is 1.67.